The molecule has 0 radical (unpaired) electrons. The molecule has 0 fully saturated rings. The Morgan fingerprint density at radius 1 is 1.00 bits per heavy atom. The topological polar surface area (TPSA) is 38.3 Å². The summed E-state index contributed by atoms with van der Waals surface area (Å²) in [6.45, 7) is 7.85. The van der Waals surface area contributed by atoms with Crippen molar-refractivity contribution in [2.24, 2.45) is 0 Å². The standard InChI is InChI=1S/C17H19NO2S.C2H6/c1-12(2)18-17(19)16(21)13-7-6-10-15(11-13)20-14-8-4-3-5-9-14;1-2/h3-12,16,21H,1-2H3,(H,18,19);1-2H3. The molecular formula is C19H25NO2S. The molecular weight excluding hydrogens is 306 g/mol. The van der Waals surface area contributed by atoms with E-state index in [9.17, 15) is 4.79 Å². The zero-order valence-electron chi connectivity index (χ0n) is 14.1. The van der Waals surface area contributed by atoms with Gasteiger partial charge in [0.2, 0.25) is 5.91 Å². The number of ether oxygens (including phenoxy) is 1. The number of rotatable bonds is 5. The largest absolute Gasteiger partial charge is 0.457 e. The maximum atomic E-state index is 12.0. The van der Waals surface area contributed by atoms with Gasteiger partial charge in [-0.05, 0) is 43.7 Å². The zero-order valence-corrected chi connectivity index (χ0v) is 15.0. The summed E-state index contributed by atoms with van der Waals surface area (Å²) in [5.74, 6) is 1.34. The van der Waals surface area contributed by atoms with Gasteiger partial charge in [-0.25, -0.2) is 0 Å². The van der Waals surface area contributed by atoms with Crippen molar-refractivity contribution in [2.75, 3.05) is 0 Å². The lowest BCUT2D eigenvalue weighted by molar-refractivity contribution is -0.121. The molecule has 3 nitrogen and oxygen atoms in total. The molecule has 0 saturated heterocycles. The van der Waals surface area contributed by atoms with Crippen LogP contribution in [0.4, 0.5) is 0 Å². The summed E-state index contributed by atoms with van der Waals surface area (Å²) < 4.78 is 5.76. The first-order chi connectivity index (χ1) is 11.1. The maximum Gasteiger partial charge on any atom is 0.237 e. The average molecular weight is 331 g/mol. The summed E-state index contributed by atoms with van der Waals surface area (Å²) in [4.78, 5) is 12.0. The third kappa shape index (κ3) is 6.37. The van der Waals surface area contributed by atoms with E-state index in [1.54, 1.807) is 0 Å². The van der Waals surface area contributed by atoms with Crippen molar-refractivity contribution in [3.05, 3.63) is 60.2 Å². The minimum Gasteiger partial charge on any atom is -0.457 e. The van der Waals surface area contributed by atoms with Gasteiger partial charge in [0, 0.05) is 6.04 Å². The third-order valence-corrected chi connectivity index (χ3v) is 3.36. The molecule has 1 amide bonds. The van der Waals surface area contributed by atoms with Crippen molar-refractivity contribution in [1.82, 2.24) is 5.32 Å². The lowest BCUT2D eigenvalue weighted by Crippen LogP contribution is -2.32. The Morgan fingerprint density at radius 3 is 2.22 bits per heavy atom. The molecule has 1 N–H and O–H groups in total. The zero-order chi connectivity index (χ0) is 17.2. The third-order valence-electron chi connectivity index (χ3n) is 2.83. The molecule has 0 aromatic heterocycles. The molecule has 124 valence electrons. The van der Waals surface area contributed by atoms with E-state index in [4.69, 9.17) is 4.74 Å². The minimum atomic E-state index is -0.508. The smallest absolute Gasteiger partial charge is 0.237 e. The number of amides is 1. The van der Waals surface area contributed by atoms with Gasteiger partial charge in [-0.3, -0.25) is 4.79 Å². The lowest BCUT2D eigenvalue weighted by Gasteiger charge is -2.15. The monoisotopic (exact) mass is 331 g/mol. The summed E-state index contributed by atoms with van der Waals surface area (Å²) in [6, 6.07) is 17.1. The van der Waals surface area contributed by atoms with E-state index >= 15 is 0 Å². The number of benzene rings is 2. The molecule has 2 aromatic rings. The number of thiol groups is 1. The van der Waals surface area contributed by atoms with Crippen molar-refractivity contribution in [3.63, 3.8) is 0 Å². The van der Waals surface area contributed by atoms with Crippen molar-refractivity contribution in [2.45, 2.75) is 39.0 Å². The Labute approximate surface area is 144 Å². The number of carbonyl (C=O) groups is 1. The van der Waals surface area contributed by atoms with E-state index in [2.05, 4.69) is 17.9 Å². The van der Waals surface area contributed by atoms with Gasteiger partial charge >= 0.3 is 0 Å². The molecule has 0 aliphatic rings. The van der Waals surface area contributed by atoms with Crippen LogP contribution < -0.4 is 10.1 Å². The number of carbonyl (C=O) groups excluding carboxylic acids is 1. The molecule has 23 heavy (non-hydrogen) atoms. The van der Waals surface area contributed by atoms with Gasteiger partial charge in [-0.2, -0.15) is 12.6 Å². The second-order valence-corrected chi connectivity index (χ2v) is 5.57. The first kappa shape index (κ1) is 19.1. The van der Waals surface area contributed by atoms with Crippen LogP contribution in [0.3, 0.4) is 0 Å². The van der Waals surface area contributed by atoms with Crippen LogP contribution in [0.1, 0.15) is 38.5 Å². The van der Waals surface area contributed by atoms with Crippen molar-refractivity contribution in [1.29, 1.82) is 0 Å². The van der Waals surface area contributed by atoms with Crippen LogP contribution in [-0.2, 0) is 4.79 Å². The molecule has 0 heterocycles. The van der Waals surface area contributed by atoms with Crippen LogP contribution in [0.15, 0.2) is 54.6 Å². The van der Waals surface area contributed by atoms with Crippen molar-refractivity contribution >= 4 is 18.5 Å². The van der Waals surface area contributed by atoms with E-state index in [0.717, 1.165) is 11.3 Å². The quantitative estimate of drug-likeness (QED) is 0.757. The minimum absolute atomic E-state index is 0.0934. The van der Waals surface area contributed by atoms with Crippen LogP contribution in [0.5, 0.6) is 11.5 Å². The molecule has 0 aliphatic heterocycles. The molecule has 1 unspecified atom stereocenters. The fourth-order valence-corrected chi connectivity index (χ4v) is 2.12. The van der Waals surface area contributed by atoms with Gasteiger partial charge in [-0.15, -0.1) is 0 Å². The van der Waals surface area contributed by atoms with Crippen LogP contribution in [0, 0.1) is 0 Å². The first-order valence-electron chi connectivity index (χ1n) is 7.87. The van der Waals surface area contributed by atoms with Gasteiger partial charge in [0.05, 0.1) is 0 Å². The molecule has 0 saturated carbocycles. The predicted molar refractivity (Wildman–Crippen MR) is 99.3 cm³/mol. The van der Waals surface area contributed by atoms with Gasteiger partial charge in [0.25, 0.3) is 0 Å². The Balaban J connectivity index is 0.00000127. The highest BCUT2D eigenvalue weighted by Gasteiger charge is 2.17. The Bertz CT molecular complexity index is 599. The van der Waals surface area contributed by atoms with Crippen LogP contribution in [0.2, 0.25) is 0 Å². The second kappa shape index (κ2) is 9.95. The van der Waals surface area contributed by atoms with E-state index in [1.807, 2.05) is 82.3 Å². The molecule has 1 atom stereocenters. The molecule has 0 spiro atoms. The summed E-state index contributed by atoms with van der Waals surface area (Å²) in [5.41, 5.74) is 0.810. The fraction of sp³-hybridized carbons (Fsp3) is 0.316. The predicted octanol–water partition coefficient (Wildman–Crippen LogP) is 5.00. The number of hydrogen-bond acceptors (Lipinski definition) is 3. The highest BCUT2D eigenvalue weighted by Crippen LogP contribution is 2.27. The Hall–Kier alpha value is -1.94. The van der Waals surface area contributed by atoms with E-state index in [1.165, 1.54) is 0 Å². The van der Waals surface area contributed by atoms with Gasteiger partial charge in [0.1, 0.15) is 16.7 Å². The first-order valence-corrected chi connectivity index (χ1v) is 8.39. The average Bonchev–Trinajstić information content (AvgIpc) is 2.56. The summed E-state index contributed by atoms with van der Waals surface area (Å²) in [6.07, 6.45) is 0. The van der Waals surface area contributed by atoms with Gasteiger partial charge in [-0.1, -0.05) is 44.2 Å². The summed E-state index contributed by atoms with van der Waals surface area (Å²) >= 11 is 4.40. The molecule has 4 heteroatoms. The van der Waals surface area contributed by atoms with Crippen LogP contribution >= 0.6 is 12.6 Å². The SMILES string of the molecule is CC.CC(C)NC(=O)C(S)c1cccc(Oc2ccccc2)c1. The van der Waals surface area contributed by atoms with E-state index < -0.39 is 5.25 Å². The summed E-state index contributed by atoms with van der Waals surface area (Å²) in [5, 5.41) is 2.35. The van der Waals surface area contributed by atoms with Crippen molar-refractivity contribution < 1.29 is 9.53 Å². The molecule has 0 bridgehead atoms. The highest BCUT2D eigenvalue weighted by molar-refractivity contribution is 7.81. The van der Waals surface area contributed by atoms with Gasteiger partial charge in [0.15, 0.2) is 0 Å². The van der Waals surface area contributed by atoms with Crippen molar-refractivity contribution in [3.8, 4) is 11.5 Å². The number of hydrogen-bond donors (Lipinski definition) is 2. The van der Waals surface area contributed by atoms with E-state index in [-0.39, 0.29) is 11.9 Å². The number of para-hydroxylation sites is 1. The van der Waals surface area contributed by atoms with E-state index in [0.29, 0.717) is 5.75 Å². The molecule has 2 rings (SSSR count). The normalized spacial score (nSPS) is 11.2. The molecule has 0 aliphatic carbocycles. The Morgan fingerprint density at radius 2 is 1.61 bits per heavy atom. The van der Waals surface area contributed by atoms with Crippen LogP contribution in [-0.4, -0.2) is 11.9 Å². The molecule has 2 aromatic carbocycles. The summed E-state index contributed by atoms with van der Waals surface area (Å²) in [7, 11) is 0. The Kier molecular flexibility index (Phi) is 8.27. The lowest BCUT2D eigenvalue weighted by atomic mass is 10.1. The highest BCUT2D eigenvalue weighted by atomic mass is 32.1. The van der Waals surface area contributed by atoms with Gasteiger partial charge < -0.3 is 10.1 Å². The number of nitrogens with one attached hydrogen (secondary N) is 1. The maximum absolute atomic E-state index is 12.0. The second-order valence-electron chi connectivity index (χ2n) is 5.05. The van der Waals surface area contributed by atoms with Crippen LogP contribution in [0.25, 0.3) is 0 Å². The fourth-order valence-electron chi connectivity index (χ4n) is 1.89.